The molecule has 0 fully saturated rings. The molecular weight excluding hydrogens is 296 g/mol. The summed E-state index contributed by atoms with van der Waals surface area (Å²) in [4.78, 5) is 36.4. The van der Waals surface area contributed by atoms with E-state index in [0.29, 0.717) is 11.3 Å². The van der Waals surface area contributed by atoms with Gasteiger partial charge in [-0.2, -0.15) is 5.10 Å². The fourth-order valence-corrected chi connectivity index (χ4v) is 2.26. The molecule has 0 radical (unpaired) electrons. The van der Waals surface area contributed by atoms with Crippen molar-refractivity contribution in [2.24, 2.45) is 5.10 Å². The lowest BCUT2D eigenvalue weighted by Gasteiger charge is -1.97. The van der Waals surface area contributed by atoms with Crippen molar-refractivity contribution in [2.75, 3.05) is 7.11 Å². The van der Waals surface area contributed by atoms with E-state index in [9.17, 15) is 14.4 Å². The monoisotopic (exact) mass is 308 g/mol. The van der Waals surface area contributed by atoms with Crippen molar-refractivity contribution in [3.63, 3.8) is 0 Å². The van der Waals surface area contributed by atoms with Crippen molar-refractivity contribution < 1.29 is 9.53 Å². The summed E-state index contributed by atoms with van der Waals surface area (Å²) in [7, 11) is 1.47. The second-order valence-electron chi connectivity index (χ2n) is 4.84. The largest absolute Gasteiger partial charge is 0.497 e. The lowest BCUT2D eigenvalue weighted by Crippen LogP contribution is -2.35. The summed E-state index contributed by atoms with van der Waals surface area (Å²) in [5.74, 6) is -0.0216. The van der Waals surface area contributed by atoms with Crippen molar-refractivity contribution in [2.45, 2.75) is 0 Å². The van der Waals surface area contributed by atoms with Gasteiger partial charge in [0.05, 0.1) is 7.11 Å². The zero-order valence-electron chi connectivity index (χ0n) is 12.2. The van der Waals surface area contributed by atoms with Crippen molar-refractivity contribution in [3.05, 3.63) is 79.9 Å². The predicted octanol–water partition coefficient (Wildman–Crippen LogP) is 0.690. The number of rotatable bonds is 3. The first kappa shape index (κ1) is 14.6. The fraction of sp³-hybridized carbons (Fsp3) is 0.0588. The first-order chi connectivity index (χ1) is 11.1. The molecule has 0 bridgehead atoms. The molecule has 0 unspecified atom stereocenters. The Labute approximate surface area is 130 Å². The summed E-state index contributed by atoms with van der Waals surface area (Å²) < 4.78 is 5.04. The number of carbonyl (C=O) groups is 1. The highest BCUT2D eigenvalue weighted by molar-refractivity contribution is 5.93. The quantitative estimate of drug-likeness (QED) is 0.721. The van der Waals surface area contributed by atoms with E-state index in [2.05, 4.69) is 10.5 Å². The second-order valence-corrected chi connectivity index (χ2v) is 4.84. The van der Waals surface area contributed by atoms with Gasteiger partial charge in [-0.1, -0.05) is 18.2 Å². The Bertz CT molecular complexity index is 1030. The molecule has 0 aliphatic rings. The van der Waals surface area contributed by atoms with Crippen molar-refractivity contribution >= 4 is 16.7 Å². The van der Waals surface area contributed by atoms with Gasteiger partial charge in [0.2, 0.25) is 10.9 Å². The number of carbonyl (C=O) groups excluding carboxylic acids is 1. The molecule has 114 valence electrons. The van der Waals surface area contributed by atoms with E-state index >= 15 is 0 Å². The minimum atomic E-state index is -0.530. The molecule has 1 N–H and O–H groups in total. The molecule has 23 heavy (non-hydrogen) atoms. The highest BCUT2D eigenvalue weighted by Crippen LogP contribution is 2.14. The number of amides is 1. The fourth-order valence-electron chi connectivity index (χ4n) is 2.26. The molecule has 0 aliphatic carbocycles. The Morgan fingerprint density at radius 3 is 2.39 bits per heavy atom. The normalized spacial score (nSPS) is 11.6. The molecule has 0 aliphatic heterocycles. The van der Waals surface area contributed by atoms with Gasteiger partial charge in [-0.3, -0.25) is 14.4 Å². The number of hydrogen-bond donors (Lipinski definition) is 1. The second kappa shape index (κ2) is 5.84. The minimum Gasteiger partial charge on any atom is -0.497 e. The lowest BCUT2D eigenvalue weighted by atomic mass is 10.2. The maximum Gasteiger partial charge on any atom is 0.271 e. The van der Waals surface area contributed by atoms with E-state index in [1.807, 2.05) is 0 Å². The number of hydrogen-bond acceptors (Lipinski definition) is 5. The lowest BCUT2D eigenvalue weighted by molar-refractivity contribution is 0.0953. The molecule has 0 saturated carbocycles. The Balaban J connectivity index is 2.05. The number of fused-ring (bicyclic) bond motifs is 1. The maximum absolute atomic E-state index is 12.3. The smallest absolute Gasteiger partial charge is 0.271 e. The summed E-state index contributed by atoms with van der Waals surface area (Å²) in [5, 5.41) is 3.88. The average molecular weight is 308 g/mol. The molecule has 3 aromatic carbocycles. The standard InChI is InChI=1S/C17H12N2O4/c1-23-11-7-8-12-13(9-11)16(21)14(15(12)20)18-19-17(22)10-5-3-2-4-6-10/h2-9H,1H3,(H,19,22)/b18-14-. The van der Waals surface area contributed by atoms with E-state index in [4.69, 9.17) is 4.74 Å². The number of ether oxygens (including phenoxy) is 1. The van der Waals surface area contributed by atoms with Crippen molar-refractivity contribution in [1.82, 2.24) is 5.43 Å². The van der Waals surface area contributed by atoms with Gasteiger partial charge >= 0.3 is 0 Å². The number of benzene rings is 2. The van der Waals surface area contributed by atoms with Gasteiger partial charge in [-0.05, 0) is 30.3 Å². The van der Waals surface area contributed by atoms with Crippen molar-refractivity contribution in [3.8, 4) is 5.75 Å². The highest BCUT2D eigenvalue weighted by atomic mass is 16.5. The van der Waals surface area contributed by atoms with Gasteiger partial charge in [-0.25, -0.2) is 5.43 Å². The maximum atomic E-state index is 12.3. The van der Waals surface area contributed by atoms with Gasteiger partial charge in [0.15, 0.2) is 5.36 Å². The summed E-state index contributed by atoms with van der Waals surface area (Å²) in [6.45, 7) is 0. The third-order valence-corrected chi connectivity index (χ3v) is 3.45. The van der Waals surface area contributed by atoms with Crippen LogP contribution in [0.2, 0.25) is 0 Å². The summed E-state index contributed by atoms with van der Waals surface area (Å²) >= 11 is 0. The molecule has 6 nitrogen and oxygen atoms in total. The molecule has 0 heterocycles. The minimum absolute atomic E-state index is 0.224. The van der Waals surface area contributed by atoms with Crippen LogP contribution in [0.4, 0.5) is 0 Å². The molecule has 0 atom stereocenters. The Morgan fingerprint density at radius 2 is 1.70 bits per heavy atom. The van der Waals surface area contributed by atoms with E-state index in [0.717, 1.165) is 0 Å². The Kier molecular flexibility index (Phi) is 3.72. The molecule has 0 saturated heterocycles. The SMILES string of the molecule is COc1ccc2c(=O)/c(=N/NC(=O)c3ccccc3)c(=O)c2c1. The van der Waals surface area contributed by atoms with Crippen LogP contribution in [0.1, 0.15) is 10.4 Å². The third-order valence-electron chi connectivity index (χ3n) is 3.45. The molecular formula is C17H12N2O4. The van der Waals surface area contributed by atoms with Crippen LogP contribution in [0.15, 0.2) is 63.2 Å². The van der Waals surface area contributed by atoms with Gasteiger partial charge in [0.1, 0.15) is 5.75 Å². The van der Waals surface area contributed by atoms with Crippen LogP contribution >= 0.6 is 0 Å². The van der Waals surface area contributed by atoms with Gasteiger partial charge in [0, 0.05) is 16.3 Å². The van der Waals surface area contributed by atoms with Gasteiger partial charge in [0.25, 0.3) is 5.91 Å². The molecule has 1 amide bonds. The number of methoxy groups -OCH3 is 1. The number of nitrogens with one attached hydrogen (secondary N) is 1. The zero-order chi connectivity index (χ0) is 16.4. The summed E-state index contributed by atoms with van der Waals surface area (Å²) in [5.41, 5.74) is 1.58. The zero-order valence-corrected chi connectivity index (χ0v) is 12.2. The van der Waals surface area contributed by atoms with Crippen LogP contribution in [0, 0.1) is 0 Å². The highest BCUT2D eigenvalue weighted by Gasteiger charge is 2.12. The van der Waals surface area contributed by atoms with Crippen molar-refractivity contribution in [1.29, 1.82) is 0 Å². The molecule has 3 rings (SSSR count). The third kappa shape index (κ3) is 2.62. The number of nitrogens with zero attached hydrogens (tertiary/aromatic N) is 1. The molecule has 0 spiro atoms. The average Bonchev–Trinajstić information content (AvgIpc) is 2.84. The molecule has 6 heteroatoms. The predicted molar refractivity (Wildman–Crippen MR) is 84.9 cm³/mol. The van der Waals surface area contributed by atoms with Crippen LogP contribution in [0.3, 0.4) is 0 Å². The van der Waals surface area contributed by atoms with Gasteiger partial charge < -0.3 is 4.74 Å². The Hall–Kier alpha value is -3.28. The van der Waals surface area contributed by atoms with Crippen LogP contribution in [-0.4, -0.2) is 13.0 Å². The molecule has 0 aromatic heterocycles. The van der Waals surface area contributed by atoms with E-state index < -0.39 is 16.8 Å². The Morgan fingerprint density at radius 1 is 1.00 bits per heavy atom. The van der Waals surface area contributed by atoms with Crippen LogP contribution in [-0.2, 0) is 0 Å². The van der Waals surface area contributed by atoms with E-state index in [-0.39, 0.29) is 16.1 Å². The summed E-state index contributed by atoms with van der Waals surface area (Å²) in [6, 6.07) is 13.0. The van der Waals surface area contributed by atoms with E-state index in [1.54, 1.807) is 36.4 Å². The first-order valence-corrected chi connectivity index (χ1v) is 6.82. The topological polar surface area (TPSA) is 84.8 Å². The van der Waals surface area contributed by atoms with Crippen LogP contribution in [0.5, 0.6) is 5.75 Å². The summed E-state index contributed by atoms with van der Waals surface area (Å²) in [6.07, 6.45) is 0. The van der Waals surface area contributed by atoms with Gasteiger partial charge in [-0.15, -0.1) is 0 Å². The van der Waals surface area contributed by atoms with E-state index in [1.165, 1.54) is 19.2 Å². The first-order valence-electron chi connectivity index (χ1n) is 6.82. The molecule has 3 aromatic rings. The van der Waals surface area contributed by atoms with Crippen LogP contribution < -0.4 is 26.4 Å². The van der Waals surface area contributed by atoms with Crippen LogP contribution in [0.25, 0.3) is 10.8 Å².